The first-order chi connectivity index (χ1) is 26.7. The van der Waals surface area contributed by atoms with Crippen LogP contribution in [0.3, 0.4) is 0 Å². The second-order valence-electron chi connectivity index (χ2n) is 16.3. The van der Waals surface area contributed by atoms with E-state index in [-0.39, 0.29) is 54.2 Å². The lowest BCUT2D eigenvalue weighted by atomic mass is 9.95. The number of alkyl halides is 2. The standard InChI is InChI=1S/C41H45ClF3N7O4/c1-40(2,3)56-39(54)52-17-14-26(52)12-13-32(53)50-21-30(44)31(22-50)49(4)37-28-19-46-35(27-10-5-8-24-9-6-11-29(42)33(24)27)34(45)36(28)47-38(48-37)55-23-41-15-7-16-51(41)20-25(43)18-41/h5-6,8-13,19,25-26,30-31H,7,14-18,20-23H2,1-4H3/b13-12+/t25-,26-,30-,31-,41+/m1/s1. The van der Waals surface area contributed by atoms with Crippen molar-refractivity contribution in [2.45, 2.75) is 82.0 Å². The minimum Gasteiger partial charge on any atom is -0.461 e. The zero-order valence-electron chi connectivity index (χ0n) is 31.9. The molecule has 0 saturated carbocycles. The van der Waals surface area contributed by atoms with Gasteiger partial charge in [0.25, 0.3) is 0 Å². The quantitative estimate of drug-likeness (QED) is 0.172. The molecule has 0 spiro atoms. The van der Waals surface area contributed by atoms with Crippen LogP contribution in [0.2, 0.25) is 5.02 Å². The molecular weight excluding hydrogens is 747 g/mol. The van der Waals surface area contributed by atoms with Gasteiger partial charge in [-0.3, -0.25) is 14.7 Å². The van der Waals surface area contributed by atoms with E-state index in [9.17, 15) is 14.0 Å². The monoisotopic (exact) mass is 791 g/mol. The van der Waals surface area contributed by atoms with Crippen LogP contribution in [0.5, 0.6) is 6.01 Å². The summed E-state index contributed by atoms with van der Waals surface area (Å²) in [5.41, 5.74) is -0.747. The van der Waals surface area contributed by atoms with Gasteiger partial charge in [0.2, 0.25) is 5.91 Å². The highest BCUT2D eigenvalue weighted by Crippen LogP contribution is 2.42. The number of amides is 2. The zero-order valence-corrected chi connectivity index (χ0v) is 32.6. The summed E-state index contributed by atoms with van der Waals surface area (Å²) in [4.78, 5) is 46.3. The molecule has 8 rings (SSSR count). The highest BCUT2D eigenvalue weighted by atomic mass is 35.5. The zero-order chi connectivity index (χ0) is 39.5. The molecule has 6 heterocycles. The highest BCUT2D eigenvalue weighted by molar-refractivity contribution is 6.36. The van der Waals surface area contributed by atoms with Crippen molar-refractivity contribution in [2.24, 2.45) is 0 Å². The average molecular weight is 792 g/mol. The van der Waals surface area contributed by atoms with E-state index in [1.54, 1.807) is 61.9 Å². The normalized spacial score (nSPS) is 25.3. The SMILES string of the molecule is CN(c1nc(OC[C@@]23CCCN2C[C@H](F)C3)nc2c(F)c(-c3cccc4cccc(Cl)c34)ncc12)[C@@H]1CN(C(=O)/C=C/[C@@H]2CCN2C(=O)OC(C)(C)C)C[C@H]1F. The Hall–Kier alpha value is -4.69. The van der Waals surface area contributed by atoms with Crippen molar-refractivity contribution in [1.29, 1.82) is 0 Å². The second kappa shape index (κ2) is 14.7. The fourth-order valence-electron chi connectivity index (χ4n) is 8.59. The molecule has 15 heteroatoms. The molecule has 0 N–H and O–H groups in total. The third-order valence-corrected chi connectivity index (χ3v) is 11.8. The number of ether oxygens (including phenoxy) is 2. The first-order valence-corrected chi connectivity index (χ1v) is 19.5. The fraction of sp³-hybridized carbons (Fsp3) is 0.488. The van der Waals surface area contributed by atoms with Crippen molar-refractivity contribution >= 4 is 51.1 Å². The number of rotatable bonds is 8. The molecule has 296 valence electrons. The largest absolute Gasteiger partial charge is 0.461 e. The minimum absolute atomic E-state index is 0.0153. The number of aromatic nitrogens is 3. The predicted molar refractivity (Wildman–Crippen MR) is 208 cm³/mol. The molecule has 5 atom stereocenters. The van der Waals surface area contributed by atoms with Crippen LogP contribution in [0.1, 0.15) is 46.5 Å². The van der Waals surface area contributed by atoms with Crippen molar-refractivity contribution in [2.75, 3.05) is 51.3 Å². The number of nitrogens with zero attached hydrogens (tertiary/aromatic N) is 7. The van der Waals surface area contributed by atoms with Gasteiger partial charge in [-0.15, -0.1) is 0 Å². The van der Waals surface area contributed by atoms with Crippen LogP contribution >= 0.6 is 11.6 Å². The first kappa shape index (κ1) is 38.2. The number of likely N-dealkylation sites (tertiary alicyclic amines) is 2. The third kappa shape index (κ3) is 7.10. The van der Waals surface area contributed by atoms with Gasteiger partial charge in [-0.2, -0.15) is 9.97 Å². The summed E-state index contributed by atoms with van der Waals surface area (Å²) in [6.07, 6.45) is 4.25. The molecule has 4 fully saturated rings. The van der Waals surface area contributed by atoms with Crippen LogP contribution < -0.4 is 9.64 Å². The molecule has 0 bridgehead atoms. The van der Waals surface area contributed by atoms with Crippen molar-refractivity contribution in [3.8, 4) is 17.3 Å². The minimum atomic E-state index is -1.48. The van der Waals surface area contributed by atoms with E-state index in [2.05, 4.69) is 14.9 Å². The van der Waals surface area contributed by atoms with Gasteiger partial charge in [-0.1, -0.05) is 48.0 Å². The summed E-state index contributed by atoms with van der Waals surface area (Å²) < 4.78 is 59.2. The number of hydrogen-bond acceptors (Lipinski definition) is 9. The number of pyridine rings is 1. The van der Waals surface area contributed by atoms with Crippen molar-refractivity contribution in [3.63, 3.8) is 0 Å². The number of carbonyl (C=O) groups excluding carboxylic acids is 2. The molecule has 0 radical (unpaired) electrons. The molecule has 2 aromatic carbocycles. The Morgan fingerprint density at radius 1 is 1.09 bits per heavy atom. The lowest BCUT2D eigenvalue weighted by Gasteiger charge is -2.39. The van der Waals surface area contributed by atoms with E-state index in [0.29, 0.717) is 41.9 Å². The van der Waals surface area contributed by atoms with E-state index >= 15 is 8.78 Å². The molecule has 2 aromatic heterocycles. The number of benzene rings is 2. The second-order valence-corrected chi connectivity index (χ2v) is 16.8. The summed E-state index contributed by atoms with van der Waals surface area (Å²) in [5.74, 6) is -0.955. The Labute approximate surface area is 328 Å². The van der Waals surface area contributed by atoms with Crippen LogP contribution in [0, 0.1) is 5.82 Å². The number of hydrogen-bond donors (Lipinski definition) is 0. The van der Waals surface area contributed by atoms with Crippen LogP contribution in [-0.2, 0) is 9.53 Å². The summed E-state index contributed by atoms with van der Waals surface area (Å²) in [6, 6.07) is 9.57. The Morgan fingerprint density at radius 2 is 1.88 bits per heavy atom. The van der Waals surface area contributed by atoms with E-state index in [0.717, 1.165) is 24.8 Å². The van der Waals surface area contributed by atoms with Crippen LogP contribution in [-0.4, -0.2) is 124 Å². The van der Waals surface area contributed by atoms with Gasteiger partial charge < -0.3 is 24.2 Å². The van der Waals surface area contributed by atoms with Gasteiger partial charge in [0.05, 0.1) is 29.6 Å². The van der Waals surface area contributed by atoms with E-state index in [4.69, 9.17) is 26.1 Å². The lowest BCUT2D eigenvalue weighted by molar-refractivity contribution is -0.125. The molecule has 4 saturated heterocycles. The van der Waals surface area contributed by atoms with Gasteiger partial charge in [0, 0.05) is 61.3 Å². The van der Waals surface area contributed by atoms with Crippen LogP contribution in [0.25, 0.3) is 32.9 Å². The average Bonchev–Trinajstić information content (AvgIpc) is 3.80. The summed E-state index contributed by atoms with van der Waals surface area (Å²) in [7, 11) is 1.64. The number of carbonyl (C=O) groups is 2. The smallest absolute Gasteiger partial charge is 0.410 e. The molecule has 0 aliphatic carbocycles. The first-order valence-electron chi connectivity index (χ1n) is 19.1. The van der Waals surface area contributed by atoms with Gasteiger partial charge in [0.1, 0.15) is 41.6 Å². The molecule has 4 aliphatic rings. The molecular formula is C41H45ClF3N7O4. The number of anilines is 1. The third-order valence-electron chi connectivity index (χ3n) is 11.5. The molecule has 2 amide bonds. The van der Waals surface area contributed by atoms with Crippen molar-refractivity contribution in [3.05, 3.63) is 65.6 Å². The maximum atomic E-state index is 16.9. The summed E-state index contributed by atoms with van der Waals surface area (Å²) in [5, 5.41) is 2.10. The Balaban J connectivity index is 1.09. The van der Waals surface area contributed by atoms with E-state index in [1.807, 2.05) is 18.2 Å². The predicted octanol–water partition coefficient (Wildman–Crippen LogP) is 7.14. The summed E-state index contributed by atoms with van der Waals surface area (Å²) in [6.45, 7) is 6.93. The molecule has 56 heavy (non-hydrogen) atoms. The van der Waals surface area contributed by atoms with Gasteiger partial charge >= 0.3 is 12.1 Å². The van der Waals surface area contributed by atoms with Gasteiger partial charge in [0.15, 0.2) is 5.82 Å². The highest BCUT2D eigenvalue weighted by Gasteiger charge is 2.49. The molecule has 11 nitrogen and oxygen atoms in total. The van der Waals surface area contributed by atoms with E-state index < -0.39 is 47.3 Å². The van der Waals surface area contributed by atoms with Crippen LogP contribution in [0.4, 0.5) is 23.8 Å². The maximum Gasteiger partial charge on any atom is 0.410 e. The summed E-state index contributed by atoms with van der Waals surface area (Å²) >= 11 is 6.62. The van der Waals surface area contributed by atoms with Crippen molar-refractivity contribution < 1.29 is 32.2 Å². The Bertz CT molecular complexity index is 2220. The molecule has 4 aromatic rings. The lowest BCUT2D eigenvalue weighted by Crippen LogP contribution is -2.51. The van der Waals surface area contributed by atoms with Gasteiger partial charge in [-0.25, -0.2) is 18.0 Å². The molecule has 0 unspecified atom stereocenters. The maximum absolute atomic E-state index is 16.9. The Kier molecular flexibility index (Phi) is 10.0. The fourth-order valence-corrected chi connectivity index (χ4v) is 8.87. The Morgan fingerprint density at radius 3 is 2.62 bits per heavy atom. The topological polar surface area (TPSA) is 104 Å². The van der Waals surface area contributed by atoms with Crippen LogP contribution in [0.15, 0.2) is 54.7 Å². The van der Waals surface area contributed by atoms with Crippen molar-refractivity contribution in [1.82, 2.24) is 29.7 Å². The number of likely N-dealkylation sites (N-methyl/N-ethyl adjacent to an activating group) is 1. The van der Waals surface area contributed by atoms with E-state index in [1.165, 1.54) is 17.2 Å². The van der Waals surface area contributed by atoms with Gasteiger partial charge in [-0.05, 0) is 58.0 Å². The number of halogens is 4. The number of fused-ring (bicyclic) bond motifs is 3. The molecule has 4 aliphatic heterocycles.